The number of hydrogen-bond acceptors (Lipinski definition) is 2. The number of aryl methyl sites for hydroxylation is 1. The summed E-state index contributed by atoms with van der Waals surface area (Å²) >= 11 is 0. The number of allylic oxidation sites excluding steroid dienone is 1. The Morgan fingerprint density at radius 1 is 1.03 bits per heavy atom. The standard InChI is InChI=1S/C25H34O2Si2/c1-9-14-27-24-22(28(4,5)6)15-18(2)16-23(24)29(7,8)25-20-13-11-10-12-19(20)17-21(25)26-3/h9-13,15-17,25H,1,14H2,2-8H3. The molecule has 0 saturated carbocycles. The third kappa shape index (κ3) is 4.01. The van der Waals surface area contributed by atoms with E-state index in [-0.39, 0.29) is 5.54 Å². The third-order valence-electron chi connectivity index (χ3n) is 5.93. The van der Waals surface area contributed by atoms with Gasteiger partial charge in [-0.1, -0.05) is 87.4 Å². The van der Waals surface area contributed by atoms with Crippen LogP contribution in [-0.2, 0) is 4.74 Å². The van der Waals surface area contributed by atoms with E-state index in [0.29, 0.717) is 6.61 Å². The fourth-order valence-electron chi connectivity index (χ4n) is 4.48. The molecule has 1 atom stereocenters. The van der Waals surface area contributed by atoms with Crippen molar-refractivity contribution >= 4 is 32.6 Å². The Morgan fingerprint density at radius 3 is 2.31 bits per heavy atom. The smallest absolute Gasteiger partial charge is 0.118 e. The van der Waals surface area contributed by atoms with Gasteiger partial charge in [-0.2, -0.15) is 0 Å². The van der Waals surface area contributed by atoms with Gasteiger partial charge in [0.1, 0.15) is 26.2 Å². The molecule has 2 aromatic rings. The van der Waals surface area contributed by atoms with Gasteiger partial charge in [0.25, 0.3) is 0 Å². The molecule has 2 nitrogen and oxygen atoms in total. The van der Waals surface area contributed by atoms with Gasteiger partial charge in [0.2, 0.25) is 0 Å². The minimum Gasteiger partial charge on any atom is -0.501 e. The van der Waals surface area contributed by atoms with Crippen molar-refractivity contribution in [2.24, 2.45) is 0 Å². The summed E-state index contributed by atoms with van der Waals surface area (Å²) in [5.41, 5.74) is 4.26. The summed E-state index contributed by atoms with van der Waals surface area (Å²) < 4.78 is 12.3. The van der Waals surface area contributed by atoms with Gasteiger partial charge in [0, 0.05) is 5.54 Å². The minimum atomic E-state index is -2.05. The zero-order valence-corrected chi connectivity index (χ0v) is 20.9. The van der Waals surface area contributed by atoms with Crippen molar-refractivity contribution in [3.05, 3.63) is 71.5 Å². The summed E-state index contributed by atoms with van der Waals surface area (Å²) in [5, 5.41) is 2.80. The number of rotatable bonds is 7. The van der Waals surface area contributed by atoms with Crippen molar-refractivity contribution in [2.45, 2.75) is 45.2 Å². The van der Waals surface area contributed by atoms with E-state index in [4.69, 9.17) is 9.47 Å². The van der Waals surface area contributed by atoms with Crippen LogP contribution < -0.4 is 15.1 Å². The number of hydrogen-bond donors (Lipinski definition) is 0. The van der Waals surface area contributed by atoms with Crippen molar-refractivity contribution in [3.8, 4) is 5.75 Å². The molecule has 0 saturated heterocycles. The molecule has 3 rings (SSSR count). The zero-order chi connectivity index (χ0) is 21.4. The van der Waals surface area contributed by atoms with Crippen LogP contribution in [0, 0.1) is 6.92 Å². The average Bonchev–Trinajstić information content (AvgIpc) is 3.05. The van der Waals surface area contributed by atoms with Gasteiger partial charge in [-0.05, 0) is 34.5 Å². The number of benzene rings is 2. The molecular weight excluding hydrogens is 388 g/mol. The maximum absolute atomic E-state index is 6.39. The van der Waals surface area contributed by atoms with E-state index >= 15 is 0 Å². The fourth-order valence-corrected chi connectivity index (χ4v) is 9.81. The highest BCUT2D eigenvalue weighted by molar-refractivity contribution is 6.94. The van der Waals surface area contributed by atoms with E-state index in [1.165, 1.54) is 27.1 Å². The lowest BCUT2D eigenvalue weighted by Crippen LogP contribution is -2.52. The summed E-state index contributed by atoms with van der Waals surface area (Å²) in [6.07, 6.45) is 4.06. The van der Waals surface area contributed by atoms with Crippen LogP contribution in [-0.4, -0.2) is 29.9 Å². The predicted molar refractivity (Wildman–Crippen MR) is 131 cm³/mol. The van der Waals surface area contributed by atoms with Gasteiger partial charge < -0.3 is 9.47 Å². The molecule has 1 unspecified atom stereocenters. The summed E-state index contributed by atoms with van der Waals surface area (Å²) in [6, 6.07) is 13.4. The summed E-state index contributed by atoms with van der Waals surface area (Å²) in [4.78, 5) is 0. The molecule has 1 aliphatic carbocycles. The fraction of sp³-hybridized carbons (Fsp3) is 0.360. The van der Waals surface area contributed by atoms with Gasteiger partial charge >= 0.3 is 0 Å². The van der Waals surface area contributed by atoms with Crippen LogP contribution >= 0.6 is 0 Å². The number of fused-ring (bicyclic) bond motifs is 1. The van der Waals surface area contributed by atoms with Gasteiger partial charge in [-0.3, -0.25) is 0 Å². The Hall–Kier alpha value is -2.05. The van der Waals surface area contributed by atoms with Gasteiger partial charge in [0.15, 0.2) is 0 Å². The van der Waals surface area contributed by atoms with E-state index in [9.17, 15) is 0 Å². The van der Waals surface area contributed by atoms with Gasteiger partial charge in [-0.25, -0.2) is 0 Å². The highest BCUT2D eigenvalue weighted by Gasteiger charge is 2.44. The first kappa shape index (κ1) is 21.7. The molecule has 0 bridgehead atoms. The Morgan fingerprint density at radius 2 is 1.69 bits per heavy atom. The Labute approximate surface area is 178 Å². The van der Waals surface area contributed by atoms with E-state index in [1.807, 2.05) is 6.08 Å². The maximum atomic E-state index is 6.39. The van der Waals surface area contributed by atoms with Crippen LogP contribution in [0.25, 0.3) is 6.08 Å². The SMILES string of the molecule is C=CCOc1c([Si](C)(C)C)cc(C)cc1[Si](C)(C)C1C(OC)=Cc2ccccc21. The highest BCUT2D eigenvalue weighted by atomic mass is 28.3. The Bertz CT molecular complexity index is 952. The van der Waals surface area contributed by atoms with Crippen LogP contribution in [0.5, 0.6) is 5.75 Å². The number of methoxy groups -OCH3 is 1. The first-order valence-corrected chi connectivity index (χ1v) is 16.9. The molecule has 1 aliphatic rings. The molecule has 0 heterocycles. The molecule has 4 heteroatoms. The monoisotopic (exact) mass is 422 g/mol. The first-order chi connectivity index (χ1) is 13.6. The molecule has 0 radical (unpaired) electrons. The van der Waals surface area contributed by atoms with Gasteiger partial charge in [0.05, 0.1) is 15.2 Å². The quantitative estimate of drug-likeness (QED) is 0.443. The second-order valence-corrected chi connectivity index (χ2v) is 19.2. The Kier molecular flexibility index (Phi) is 5.97. The summed E-state index contributed by atoms with van der Waals surface area (Å²) in [5.74, 6) is 2.18. The van der Waals surface area contributed by atoms with Gasteiger partial charge in [-0.15, -0.1) is 0 Å². The highest BCUT2D eigenvalue weighted by Crippen LogP contribution is 2.43. The van der Waals surface area contributed by atoms with Crippen LogP contribution in [0.3, 0.4) is 0 Å². The number of ether oxygens (including phenoxy) is 2. The second kappa shape index (κ2) is 8.00. The normalized spacial score (nSPS) is 16.2. The first-order valence-electron chi connectivity index (χ1n) is 10.3. The molecule has 0 fully saturated rings. The van der Waals surface area contributed by atoms with E-state index in [1.54, 1.807) is 7.11 Å². The van der Waals surface area contributed by atoms with Crippen molar-refractivity contribution < 1.29 is 9.47 Å². The lowest BCUT2D eigenvalue weighted by Gasteiger charge is -2.36. The van der Waals surface area contributed by atoms with Crippen LogP contribution in [0.1, 0.15) is 22.2 Å². The van der Waals surface area contributed by atoms with Crippen molar-refractivity contribution in [2.75, 3.05) is 13.7 Å². The van der Waals surface area contributed by atoms with Crippen LogP contribution in [0.2, 0.25) is 32.7 Å². The largest absolute Gasteiger partial charge is 0.501 e. The van der Waals surface area contributed by atoms with E-state index < -0.39 is 16.1 Å². The lowest BCUT2D eigenvalue weighted by atomic mass is 10.1. The molecule has 154 valence electrons. The predicted octanol–water partition coefficient (Wildman–Crippen LogP) is 5.34. The Balaban J connectivity index is 2.24. The van der Waals surface area contributed by atoms with Crippen LogP contribution in [0.4, 0.5) is 0 Å². The molecule has 2 aromatic carbocycles. The molecule has 0 N–H and O–H groups in total. The summed E-state index contributed by atoms with van der Waals surface area (Å²) in [6.45, 7) is 18.7. The molecule has 0 aliphatic heterocycles. The summed E-state index contributed by atoms with van der Waals surface area (Å²) in [7, 11) is -1.84. The lowest BCUT2D eigenvalue weighted by molar-refractivity contribution is 0.285. The van der Waals surface area contributed by atoms with Crippen molar-refractivity contribution in [1.82, 2.24) is 0 Å². The maximum Gasteiger partial charge on any atom is 0.118 e. The minimum absolute atomic E-state index is 0.283. The molecule has 0 aromatic heterocycles. The van der Waals surface area contributed by atoms with Crippen molar-refractivity contribution in [1.29, 1.82) is 0 Å². The molecular formula is C25H34O2Si2. The third-order valence-corrected chi connectivity index (χ3v) is 11.7. The molecule has 0 spiro atoms. The van der Waals surface area contributed by atoms with Crippen LogP contribution in [0.15, 0.2) is 54.8 Å². The second-order valence-electron chi connectivity index (χ2n) is 9.57. The van der Waals surface area contributed by atoms with E-state index in [0.717, 1.165) is 11.5 Å². The zero-order valence-electron chi connectivity index (χ0n) is 18.9. The molecule has 0 amide bonds. The molecule has 29 heavy (non-hydrogen) atoms. The average molecular weight is 423 g/mol. The van der Waals surface area contributed by atoms with Crippen molar-refractivity contribution in [3.63, 3.8) is 0 Å². The van der Waals surface area contributed by atoms with E-state index in [2.05, 4.69) is 88.7 Å². The topological polar surface area (TPSA) is 18.5 Å².